The van der Waals surface area contributed by atoms with Gasteiger partial charge in [0.1, 0.15) is 11.9 Å². The molecule has 2 amide bonds. The highest BCUT2D eigenvalue weighted by molar-refractivity contribution is 6.25. The number of halogens is 2. The highest BCUT2D eigenvalue weighted by atomic mass is 35.5. The maximum Gasteiger partial charge on any atom is 0.272 e. The van der Waals surface area contributed by atoms with Crippen molar-refractivity contribution in [1.82, 2.24) is 25.1 Å². The van der Waals surface area contributed by atoms with Gasteiger partial charge in [0.05, 0.1) is 11.6 Å². The molecular weight excluding hydrogens is 421 g/mol. The van der Waals surface area contributed by atoms with E-state index in [1.165, 1.54) is 12.2 Å². The van der Waals surface area contributed by atoms with E-state index in [-0.39, 0.29) is 11.8 Å². The van der Waals surface area contributed by atoms with Crippen molar-refractivity contribution in [2.24, 2.45) is 5.41 Å². The summed E-state index contributed by atoms with van der Waals surface area (Å²) in [5.74, 6) is -0.274. The molecule has 1 aliphatic heterocycles. The maximum atomic E-state index is 14.0. The Morgan fingerprint density at radius 1 is 1.29 bits per heavy atom. The van der Waals surface area contributed by atoms with Crippen molar-refractivity contribution >= 4 is 23.4 Å². The van der Waals surface area contributed by atoms with E-state index in [1.807, 2.05) is 32.4 Å². The summed E-state index contributed by atoms with van der Waals surface area (Å²) in [6, 6.07) is -0.716. The van der Waals surface area contributed by atoms with Gasteiger partial charge in [-0.25, -0.2) is 9.37 Å². The van der Waals surface area contributed by atoms with Gasteiger partial charge in [-0.1, -0.05) is 44.5 Å². The lowest BCUT2D eigenvalue weighted by Crippen LogP contribution is -2.53. The smallest absolute Gasteiger partial charge is 0.272 e. The molecule has 0 saturated carbocycles. The van der Waals surface area contributed by atoms with Crippen molar-refractivity contribution < 1.29 is 14.0 Å². The molecule has 9 heteroatoms. The van der Waals surface area contributed by atoms with Crippen LogP contribution in [0.25, 0.3) is 0 Å². The fourth-order valence-electron chi connectivity index (χ4n) is 3.96. The molecule has 2 heterocycles. The fourth-order valence-corrected chi connectivity index (χ4v) is 4.11. The van der Waals surface area contributed by atoms with Gasteiger partial charge in [0.25, 0.3) is 5.91 Å². The molecule has 0 fully saturated rings. The lowest BCUT2D eigenvalue weighted by atomic mass is 9.86. The number of amides is 2. The molecule has 0 unspecified atom stereocenters. The molecule has 0 aromatic carbocycles. The van der Waals surface area contributed by atoms with Gasteiger partial charge < -0.3 is 20.1 Å². The molecule has 1 atom stereocenters. The number of likely N-dealkylation sites (N-methyl/N-ethyl adjacent to an activating group) is 1. The van der Waals surface area contributed by atoms with Crippen LogP contribution in [-0.2, 0) is 17.9 Å². The van der Waals surface area contributed by atoms with Crippen LogP contribution in [0, 0.1) is 5.41 Å². The van der Waals surface area contributed by atoms with E-state index in [4.69, 9.17) is 11.6 Å². The molecule has 3 rings (SSSR count). The van der Waals surface area contributed by atoms with E-state index in [0.29, 0.717) is 24.6 Å². The largest absolute Gasteiger partial charge is 0.357 e. The van der Waals surface area contributed by atoms with Gasteiger partial charge in [0.15, 0.2) is 5.69 Å². The SMILES string of the molecule is CNC(=O)[C@@H](NC(=O)c1nc(C2C=CC(F)(Cl)C=C2)n2c1CN(C)CCC2)C(C)(C)C. The second-order valence-electron chi connectivity index (χ2n) is 9.31. The minimum atomic E-state index is -2.00. The third-order valence-electron chi connectivity index (χ3n) is 5.66. The molecule has 1 aromatic heterocycles. The Morgan fingerprint density at radius 3 is 2.52 bits per heavy atom. The lowest BCUT2D eigenvalue weighted by Gasteiger charge is -2.29. The quantitative estimate of drug-likeness (QED) is 0.545. The van der Waals surface area contributed by atoms with Crippen LogP contribution >= 0.6 is 11.6 Å². The summed E-state index contributed by atoms with van der Waals surface area (Å²) in [6.45, 7) is 7.83. The van der Waals surface area contributed by atoms with Gasteiger partial charge in [0, 0.05) is 20.1 Å². The summed E-state index contributed by atoms with van der Waals surface area (Å²) in [5.41, 5.74) is 0.611. The van der Waals surface area contributed by atoms with Crippen LogP contribution in [0.5, 0.6) is 0 Å². The van der Waals surface area contributed by atoms with Crippen LogP contribution < -0.4 is 10.6 Å². The normalized spacial score (nSPS) is 24.9. The summed E-state index contributed by atoms with van der Waals surface area (Å²) in [6.07, 6.45) is 6.83. The van der Waals surface area contributed by atoms with Gasteiger partial charge in [-0.2, -0.15) is 0 Å². The summed E-state index contributed by atoms with van der Waals surface area (Å²) in [7, 11) is 3.55. The zero-order valence-corrected chi connectivity index (χ0v) is 19.5. The Balaban J connectivity index is 2.00. The molecule has 2 aliphatic rings. The first kappa shape index (κ1) is 23.5. The Kier molecular flexibility index (Phi) is 6.62. The van der Waals surface area contributed by atoms with E-state index in [0.717, 1.165) is 18.7 Å². The molecule has 31 heavy (non-hydrogen) atoms. The molecule has 7 nitrogen and oxygen atoms in total. The van der Waals surface area contributed by atoms with Crippen molar-refractivity contribution in [2.75, 3.05) is 20.6 Å². The fraction of sp³-hybridized carbons (Fsp3) is 0.591. The number of rotatable bonds is 4. The van der Waals surface area contributed by atoms with Crippen LogP contribution in [0.3, 0.4) is 0 Å². The third kappa shape index (κ3) is 5.18. The first-order valence-electron chi connectivity index (χ1n) is 10.5. The maximum absolute atomic E-state index is 14.0. The van der Waals surface area contributed by atoms with Crippen LogP contribution in [0.15, 0.2) is 24.3 Å². The second kappa shape index (κ2) is 8.74. The van der Waals surface area contributed by atoms with E-state index in [2.05, 4.69) is 20.5 Å². The zero-order chi connectivity index (χ0) is 23.0. The number of imidazole rings is 1. The minimum Gasteiger partial charge on any atom is -0.357 e. The number of nitrogens with zero attached hydrogens (tertiary/aromatic N) is 3. The van der Waals surface area contributed by atoms with Crippen molar-refractivity contribution in [2.45, 2.75) is 57.4 Å². The van der Waals surface area contributed by atoms with Crippen molar-refractivity contribution in [3.8, 4) is 0 Å². The number of nitrogens with one attached hydrogen (secondary N) is 2. The highest BCUT2D eigenvalue weighted by Crippen LogP contribution is 2.33. The van der Waals surface area contributed by atoms with Crippen molar-refractivity contribution in [3.05, 3.63) is 41.5 Å². The second-order valence-corrected chi connectivity index (χ2v) is 9.89. The first-order valence-corrected chi connectivity index (χ1v) is 10.9. The summed E-state index contributed by atoms with van der Waals surface area (Å²) in [4.78, 5) is 32.5. The van der Waals surface area contributed by atoms with Gasteiger partial charge in [0.2, 0.25) is 11.0 Å². The Morgan fingerprint density at radius 2 is 1.94 bits per heavy atom. The number of allylic oxidation sites excluding steroid dienone is 4. The van der Waals surface area contributed by atoms with Crippen molar-refractivity contribution in [1.29, 1.82) is 0 Å². The van der Waals surface area contributed by atoms with Crippen LogP contribution in [0.2, 0.25) is 0 Å². The number of hydrogen-bond donors (Lipinski definition) is 2. The Labute approximate surface area is 187 Å². The standard InChI is InChI=1S/C22H31ClFN5O2/c1-21(2,3)17(20(31)25-4)27-19(30)16-15-13-28(5)11-6-12-29(15)18(26-16)14-7-9-22(23,24)10-8-14/h7-10,14,17H,6,11-13H2,1-5H3,(H,25,31)(H,27,30)/t14?,17-,22?/m1/s1. The number of carbonyl (C=O) groups excluding carboxylic acids is 2. The first-order chi connectivity index (χ1) is 14.4. The number of fused-ring (bicyclic) bond motifs is 1. The van der Waals surface area contributed by atoms with Gasteiger partial charge in [-0.15, -0.1) is 0 Å². The molecule has 170 valence electrons. The molecule has 0 radical (unpaired) electrons. The van der Waals surface area contributed by atoms with E-state index in [1.54, 1.807) is 19.2 Å². The molecule has 0 bridgehead atoms. The predicted molar refractivity (Wildman–Crippen MR) is 119 cm³/mol. The van der Waals surface area contributed by atoms with E-state index >= 15 is 0 Å². The van der Waals surface area contributed by atoms with Crippen LogP contribution in [-0.4, -0.2) is 58.1 Å². The van der Waals surface area contributed by atoms with Crippen molar-refractivity contribution in [3.63, 3.8) is 0 Å². The Bertz CT molecular complexity index is 900. The van der Waals surface area contributed by atoms with E-state index < -0.39 is 22.5 Å². The van der Waals surface area contributed by atoms with Gasteiger partial charge >= 0.3 is 0 Å². The molecule has 0 saturated heterocycles. The van der Waals surface area contributed by atoms with Gasteiger partial charge in [-0.05, 0) is 37.6 Å². The van der Waals surface area contributed by atoms with E-state index in [9.17, 15) is 14.0 Å². The highest BCUT2D eigenvalue weighted by Gasteiger charge is 2.35. The molecule has 1 aliphatic carbocycles. The average Bonchev–Trinajstić information content (AvgIpc) is 2.91. The van der Waals surface area contributed by atoms with Crippen LogP contribution in [0.4, 0.5) is 4.39 Å². The van der Waals surface area contributed by atoms with Crippen LogP contribution in [0.1, 0.15) is 55.1 Å². The molecule has 0 spiro atoms. The zero-order valence-electron chi connectivity index (χ0n) is 18.7. The van der Waals surface area contributed by atoms with Gasteiger partial charge in [-0.3, -0.25) is 9.59 Å². The summed E-state index contributed by atoms with van der Waals surface area (Å²) in [5, 5.41) is 3.49. The minimum absolute atomic E-state index is 0.261. The summed E-state index contributed by atoms with van der Waals surface area (Å²) < 4.78 is 16.0. The third-order valence-corrected chi connectivity index (χ3v) is 5.91. The molecular formula is C22H31ClFN5O2. The monoisotopic (exact) mass is 451 g/mol. The molecule has 2 N–H and O–H groups in total. The number of aromatic nitrogens is 2. The number of alkyl halides is 2. The molecule has 1 aromatic rings. The Hall–Kier alpha value is -2.19. The lowest BCUT2D eigenvalue weighted by molar-refractivity contribution is -0.124. The predicted octanol–water partition coefficient (Wildman–Crippen LogP) is 2.72. The number of hydrogen-bond acceptors (Lipinski definition) is 4. The summed E-state index contributed by atoms with van der Waals surface area (Å²) >= 11 is 5.74. The number of carbonyl (C=O) groups is 2. The topological polar surface area (TPSA) is 79.3 Å². The average molecular weight is 452 g/mol.